The molecule has 0 spiro atoms. The Labute approximate surface area is 68.0 Å². The molecule has 0 N–H and O–H groups in total. The molecule has 2 rings (SSSR count). The third kappa shape index (κ3) is 0.974. The molecule has 0 amide bonds. The molecule has 0 unspecified atom stereocenters. The van der Waals surface area contributed by atoms with E-state index in [1.165, 1.54) is 12.3 Å². The van der Waals surface area contributed by atoms with E-state index >= 15 is 0 Å². The molecule has 2 aromatic heterocycles. The molecule has 0 aliphatic heterocycles. The van der Waals surface area contributed by atoms with Crippen molar-refractivity contribution in [3.8, 4) is 17.6 Å². The Morgan fingerprint density at radius 3 is 2.92 bits per heavy atom. The molecule has 0 atom stereocenters. The van der Waals surface area contributed by atoms with Gasteiger partial charge in [-0.2, -0.15) is 5.26 Å². The third-order valence-corrected chi connectivity index (χ3v) is 1.39. The van der Waals surface area contributed by atoms with Gasteiger partial charge >= 0.3 is 0 Å². The smallest absolute Gasteiger partial charge is 0.203 e. The molecular formula is C8H4N2O2. The van der Waals surface area contributed by atoms with E-state index in [2.05, 4.69) is 5.16 Å². The van der Waals surface area contributed by atoms with E-state index in [9.17, 15) is 0 Å². The molecule has 0 fully saturated rings. The number of nitrogens with zero attached hydrogens (tertiary/aromatic N) is 2. The minimum atomic E-state index is 0.251. The van der Waals surface area contributed by atoms with Gasteiger partial charge in [-0.05, 0) is 12.1 Å². The first-order valence-electron chi connectivity index (χ1n) is 3.31. The van der Waals surface area contributed by atoms with Gasteiger partial charge in [0, 0.05) is 6.07 Å². The first-order valence-corrected chi connectivity index (χ1v) is 3.31. The number of hydrogen-bond acceptors (Lipinski definition) is 4. The van der Waals surface area contributed by atoms with Crippen molar-refractivity contribution in [2.45, 2.75) is 0 Å². The average Bonchev–Trinajstić information content (AvgIpc) is 2.75. The highest BCUT2D eigenvalue weighted by molar-refractivity contribution is 5.50. The quantitative estimate of drug-likeness (QED) is 0.638. The summed E-state index contributed by atoms with van der Waals surface area (Å²) in [5.74, 6) is 1.04. The number of rotatable bonds is 1. The molecular weight excluding hydrogens is 156 g/mol. The van der Waals surface area contributed by atoms with Crippen molar-refractivity contribution >= 4 is 0 Å². The molecule has 58 valence electrons. The fourth-order valence-corrected chi connectivity index (χ4v) is 0.863. The molecule has 0 saturated heterocycles. The zero-order chi connectivity index (χ0) is 8.39. The lowest BCUT2D eigenvalue weighted by molar-refractivity contribution is 0.416. The van der Waals surface area contributed by atoms with Crippen LogP contribution in [0.15, 0.2) is 33.4 Å². The lowest BCUT2D eigenvalue weighted by atomic mass is 10.3. The molecule has 0 radical (unpaired) electrons. The lowest BCUT2D eigenvalue weighted by Crippen LogP contribution is -1.65. The Bertz CT molecular complexity index is 408. The molecule has 0 bridgehead atoms. The maximum absolute atomic E-state index is 8.45. The van der Waals surface area contributed by atoms with Crippen LogP contribution in [0.1, 0.15) is 5.69 Å². The highest BCUT2D eigenvalue weighted by atomic mass is 16.5. The van der Waals surface area contributed by atoms with Crippen LogP contribution in [0.5, 0.6) is 0 Å². The minimum absolute atomic E-state index is 0.251. The minimum Gasteiger partial charge on any atom is -0.461 e. The second-order valence-corrected chi connectivity index (χ2v) is 2.17. The maximum Gasteiger partial charge on any atom is 0.203 e. The summed E-state index contributed by atoms with van der Waals surface area (Å²) in [4.78, 5) is 0. The topological polar surface area (TPSA) is 63.0 Å². The fourth-order valence-electron chi connectivity index (χ4n) is 0.863. The summed E-state index contributed by atoms with van der Waals surface area (Å²) < 4.78 is 9.87. The summed E-state index contributed by atoms with van der Waals surface area (Å²) in [6.45, 7) is 0. The summed E-state index contributed by atoms with van der Waals surface area (Å²) in [6.07, 6.45) is 1.53. The molecule has 4 nitrogen and oxygen atoms in total. The Balaban J connectivity index is 2.44. The second-order valence-electron chi connectivity index (χ2n) is 2.17. The van der Waals surface area contributed by atoms with Gasteiger partial charge < -0.3 is 8.94 Å². The summed E-state index contributed by atoms with van der Waals surface area (Å²) in [6, 6.07) is 6.87. The summed E-state index contributed by atoms with van der Waals surface area (Å²) in [7, 11) is 0. The second kappa shape index (κ2) is 2.55. The van der Waals surface area contributed by atoms with Crippen LogP contribution in [-0.4, -0.2) is 5.16 Å². The third-order valence-electron chi connectivity index (χ3n) is 1.39. The molecule has 4 heteroatoms. The van der Waals surface area contributed by atoms with Crippen molar-refractivity contribution in [1.29, 1.82) is 5.26 Å². The van der Waals surface area contributed by atoms with Crippen LogP contribution in [0.25, 0.3) is 11.5 Å². The van der Waals surface area contributed by atoms with Crippen LogP contribution >= 0.6 is 0 Å². The van der Waals surface area contributed by atoms with Crippen molar-refractivity contribution in [3.05, 3.63) is 30.2 Å². The molecule has 0 aliphatic rings. The van der Waals surface area contributed by atoms with Crippen LogP contribution in [0.3, 0.4) is 0 Å². The number of furan rings is 1. The first-order chi connectivity index (χ1) is 5.90. The Kier molecular flexibility index (Phi) is 1.42. The molecule has 0 saturated carbocycles. The van der Waals surface area contributed by atoms with Crippen LogP contribution in [0.2, 0.25) is 0 Å². The largest absolute Gasteiger partial charge is 0.461 e. The van der Waals surface area contributed by atoms with Gasteiger partial charge in [-0.1, -0.05) is 5.16 Å². The van der Waals surface area contributed by atoms with Crippen molar-refractivity contribution in [1.82, 2.24) is 5.16 Å². The number of hydrogen-bond donors (Lipinski definition) is 0. The average molecular weight is 160 g/mol. The monoisotopic (exact) mass is 160 g/mol. The van der Waals surface area contributed by atoms with Gasteiger partial charge in [0.05, 0.1) is 6.26 Å². The van der Waals surface area contributed by atoms with Crippen molar-refractivity contribution in [2.75, 3.05) is 0 Å². The van der Waals surface area contributed by atoms with Gasteiger partial charge in [-0.15, -0.1) is 0 Å². The fraction of sp³-hybridized carbons (Fsp3) is 0. The van der Waals surface area contributed by atoms with E-state index in [-0.39, 0.29) is 5.69 Å². The van der Waals surface area contributed by atoms with Crippen molar-refractivity contribution < 1.29 is 8.94 Å². The zero-order valence-electron chi connectivity index (χ0n) is 6.02. The van der Waals surface area contributed by atoms with Gasteiger partial charge in [0.25, 0.3) is 0 Å². The zero-order valence-corrected chi connectivity index (χ0v) is 6.02. The molecule has 2 aromatic rings. The summed E-state index contributed by atoms with van der Waals surface area (Å²) in [5, 5.41) is 11.9. The molecule has 0 aromatic carbocycles. The Morgan fingerprint density at radius 1 is 1.42 bits per heavy atom. The Hall–Kier alpha value is -2.02. The van der Waals surface area contributed by atoms with Gasteiger partial charge in [0.15, 0.2) is 11.5 Å². The van der Waals surface area contributed by atoms with E-state index in [4.69, 9.17) is 14.2 Å². The van der Waals surface area contributed by atoms with E-state index in [1.54, 1.807) is 12.1 Å². The van der Waals surface area contributed by atoms with E-state index in [0.717, 1.165) is 0 Å². The van der Waals surface area contributed by atoms with Gasteiger partial charge in [0.2, 0.25) is 5.76 Å². The van der Waals surface area contributed by atoms with Crippen LogP contribution in [0.4, 0.5) is 0 Å². The summed E-state index contributed by atoms with van der Waals surface area (Å²) in [5.41, 5.74) is 0.251. The Morgan fingerprint density at radius 2 is 2.33 bits per heavy atom. The van der Waals surface area contributed by atoms with Crippen LogP contribution < -0.4 is 0 Å². The lowest BCUT2D eigenvalue weighted by Gasteiger charge is -1.82. The van der Waals surface area contributed by atoms with Gasteiger partial charge in [-0.3, -0.25) is 0 Å². The summed E-state index contributed by atoms with van der Waals surface area (Å²) >= 11 is 0. The SMILES string of the molecule is N#Cc1cc(-c2ccco2)on1. The number of aromatic nitrogens is 1. The predicted molar refractivity (Wildman–Crippen MR) is 38.9 cm³/mol. The van der Waals surface area contributed by atoms with E-state index in [0.29, 0.717) is 11.5 Å². The van der Waals surface area contributed by atoms with Crippen molar-refractivity contribution in [2.24, 2.45) is 0 Å². The highest BCUT2D eigenvalue weighted by Crippen LogP contribution is 2.19. The molecule has 0 aliphatic carbocycles. The molecule has 12 heavy (non-hydrogen) atoms. The van der Waals surface area contributed by atoms with E-state index < -0.39 is 0 Å². The van der Waals surface area contributed by atoms with E-state index in [1.807, 2.05) is 6.07 Å². The van der Waals surface area contributed by atoms with Gasteiger partial charge in [-0.25, -0.2) is 0 Å². The van der Waals surface area contributed by atoms with Gasteiger partial charge in [0.1, 0.15) is 6.07 Å². The standard InChI is InChI=1S/C8H4N2O2/c9-5-6-4-8(12-10-6)7-2-1-3-11-7/h1-4H. The van der Waals surface area contributed by atoms with Crippen LogP contribution in [0, 0.1) is 11.3 Å². The van der Waals surface area contributed by atoms with Crippen molar-refractivity contribution in [3.63, 3.8) is 0 Å². The highest BCUT2D eigenvalue weighted by Gasteiger charge is 2.07. The number of nitriles is 1. The normalized spacial score (nSPS) is 9.58. The van der Waals surface area contributed by atoms with Crippen LogP contribution in [-0.2, 0) is 0 Å². The molecule has 2 heterocycles. The maximum atomic E-state index is 8.45. The first kappa shape index (κ1) is 6.68. The predicted octanol–water partition coefficient (Wildman–Crippen LogP) is 1.81.